The fourth-order valence-corrected chi connectivity index (χ4v) is 4.77. The molecule has 0 fully saturated rings. The van der Waals surface area contributed by atoms with Gasteiger partial charge in [-0.15, -0.1) is 0 Å². The summed E-state index contributed by atoms with van der Waals surface area (Å²) in [5.74, 6) is -2.06. The van der Waals surface area contributed by atoms with Crippen LogP contribution in [-0.2, 0) is 10.0 Å². The van der Waals surface area contributed by atoms with Gasteiger partial charge in [-0.25, -0.2) is 22.2 Å². The minimum Gasteiger partial charge on any atom is -0.254 e. The molecule has 0 aliphatic carbocycles. The van der Waals surface area contributed by atoms with Crippen LogP contribution in [0.3, 0.4) is 0 Å². The number of benzene rings is 1. The van der Waals surface area contributed by atoms with E-state index in [1.54, 1.807) is 0 Å². The first-order valence-electron chi connectivity index (χ1n) is 4.58. The molecule has 10 heteroatoms. The molecular formula is C9H4Br2F2N2O2S2. The molecule has 1 N–H and O–H groups in total. The normalized spacial score (nSPS) is 11.6. The molecule has 0 spiro atoms. The quantitative estimate of drug-likeness (QED) is 0.801. The van der Waals surface area contributed by atoms with E-state index in [-0.39, 0.29) is 9.60 Å². The van der Waals surface area contributed by atoms with Crippen LogP contribution in [0, 0.1) is 11.6 Å². The largest absolute Gasteiger partial charge is 0.267 e. The van der Waals surface area contributed by atoms with Crippen LogP contribution in [0.4, 0.5) is 13.9 Å². The lowest BCUT2D eigenvalue weighted by atomic mass is 10.3. The summed E-state index contributed by atoms with van der Waals surface area (Å²) in [5, 5.41) is 0.0718. The molecule has 19 heavy (non-hydrogen) atoms. The van der Waals surface area contributed by atoms with Gasteiger partial charge in [-0.1, -0.05) is 11.3 Å². The molecule has 0 bridgehead atoms. The first kappa shape index (κ1) is 14.8. The molecule has 0 radical (unpaired) electrons. The number of sulfonamides is 1. The van der Waals surface area contributed by atoms with Gasteiger partial charge in [0.1, 0.15) is 16.5 Å². The van der Waals surface area contributed by atoms with Gasteiger partial charge in [-0.2, -0.15) is 0 Å². The van der Waals surface area contributed by atoms with Gasteiger partial charge >= 0.3 is 0 Å². The predicted octanol–water partition coefficient (Wildman–Crippen LogP) is 3.75. The summed E-state index contributed by atoms with van der Waals surface area (Å²) in [6.45, 7) is 0. The molecule has 0 unspecified atom stereocenters. The molecule has 0 atom stereocenters. The highest BCUT2D eigenvalue weighted by molar-refractivity contribution is 9.11. The van der Waals surface area contributed by atoms with Crippen LogP contribution in [0.2, 0.25) is 0 Å². The summed E-state index contributed by atoms with van der Waals surface area (Å²) in [4.78, 5) is 3.11. The number of anilines is 1. The molecule has 1 heterocycles. The van der Waals surface area contributed by atoms with Crippen molar-refractivity contribution < 1.29 is 17.2 Å². The van der Waals surface area contributed by atoms with Crippen LogP contribution in [0.25, 0.3) is 0 Å². The number of hydrogen-bond acceptors (Lipinski definition) is 4. The Bertz CT molecular complexity index is 711. The van der Waals surface area contributed by atoms with E-state index in [0.717, 1.165) is 17.4 Å². The first-order valence-corrected chi connectivity index (χ1v) is 8.47. The van der Waals surface area contributed by atoms with Gasteiger partial charge in [0.2, 0.25) is 0 Å². The van der Waals surface area contributed by atoms with Crippen LogP contribution in [-0.4, -0.2) is 13.4 Å². The van der Waals surface area contributed by atoms with Crippen LogP contribution >= 0.6 is 43.2 Å². The van der Waals surface area contributed by atoms with Gasteiger partial charge in [0.05, 0.1) is 9.98 Å². The second-order valence-electron chi connectivity index (χ2n) is 3.27. The van der Waals surface area contributed by atoms with Gasteiger partial charge in [0.25, 0.3) is 10.0 Å². The zero-order valence-electron chi connectivity index (χ0n) is 8.82. The van der Waals surface area contributed by atoms with E-state index in [2.05, 4.69) is 41.6 Å². The first-order chi connectivity index (χ1) is 8.79. The van der Waals surface area contributed by atoms with Gasteiger partial charge in [-0.05, 0) is 37.9 Å². The highest BCUT2D eigenvalue weighted by Crippen LogP contribution is 2.30. The van der Waals surface area contributed by atoms with Gasteiger partial charge in [0, 0.05) is 10.5 Å². The Hall–Kier alpha value is -0.580. The summed E-state index contributed by atoms with van der Waals surface area (Å²) in [7, 11) is -4.19. The zero-order valence-corrected chi connectivity index (χ0v) is 13.6. The third kappa shape index (κ3) is 3.30. The molecule has 0 aliphatic heterocycles. The van der Waals surface area contributed by atoms with Crippen LogP contribution in [0.1, 0.15) is 0 Å². The van der Waals surface area contributed by atoms with Crippen molar-refractivity contribution in [2.24, 2.45) is 0 Å². The van der Waals surface area contributed by atoms with Gasteiger partial charge in [0.15, 0.2) is 5.13 Å². The van der Waals surface area contributed by atoms with Crippen molar-refractivity contribution in [3.8, 4) is 0 Å². The third-order valence-corrected chi connectivity index (χ3v) is 5.75. The number of nitrogens with zero attached hydrogens (tertiary/aromatic N) is 1. The molecule has 0 saturated carbocycles. The van der Waals surface area contributed by atoms with E-state index in [9.17, 15) is 17.2 Å². The maximum atomic E-state index is 13.6. The minimum atomic E-state index is -4.19. The van der Waals surface area contributed by atoms with Crippen molar-refractivity contribution in [2.75, 3.05) is 4.72 Å². The lowest BCUT2D eigenvalue weighted by Crippen LogP contribution is -2.15. The number of halogens is 4. The molecule has 0 amide bonds. The van der Waals surface area contributed by atoms with Crippen LogP contribution in [0.15, 0.2) is 31.5 Å². The summed E-state index contributed by atoms with van der Waals surface area (Å²) in [5.41, 5.74) is 0. The maximum Gasteiger partial charge on any atom is 0.267 e. The second-order valence-corrected chi connectivity index (χ2v) is 8.16. The Morgan fingerprint density at radius 3 is 2.47 bits per heavy atom. The number of hydrogen-bond donors (Lipinski definition) is 1. The monoisotopic (exact) mass is 432 g/mol. The molecule has 1 aromatic heterocycles. The third-order valence-electron chi connectivity index (χ3n) is 1.93. The van der Waals surface area contributed by atoms with Gasteiger partial charge in [-0.3, -0.25) is 4.72 Å². The van der Waals surface area contributed by atoms with Crippen molar-refractivity contribution in [1.82, 2.24) is 4.98 Å². The summed E-state index contributed by atoms with van der Waals surface area (Å²) in [6.07, 6.45) is 1.40. The minimum absolute atomic E-state index is 0.0718. The Balaban J connectivity index is 2.45. The van der Waals surface area contributed by atoms with E-state index in [0.29, 0.717) is 9.85 Å². The van der Waals surface area contributed by atoms with Crippen LogP contribution in [0.5, 0.6) is 0 Å². The summed E-state index contributed by atoms with van der Waals surface area (Å²) >= 11 is 6.98. The zero-order chi connectivity index (χ0) is 14.2. The Labute approximate surface area is 128 Å². The van der Waals surface area contributed by atoms with Crippen molar-refractivity contribution in [2.45, 2.75) is 4.90 Å². The van der Waals surface area contributed by atoms with E-state index in [4.69, 9.17) is 0 Å². The molecule has 1 aromatic carbocycles. The Kier molecular flexibility index (Phi) is 4.23. The molecule has 2 aromatic rings. The average Bonchev–Trinajstić information content (AvgIpc) is 2.60. The average molecular weight is 434 g/mol. The van der Waals surface area contributed by atoms with Crippen molar-refractivity contribution in [3.05, 3.63) is 38.2 Å². The lowest BCUT2D eigenvalue weighted by Gasteiger charge is -2.08. The molecule has 4 nitrogen and oxygen atoms in total. The fourth-order valence-electron chi connectivity index (χ4n) is 1.25. The van der Waals surface area contributed by atoms with E-state index in [1.165, 1.54) is 6.20 Å². The van der Waals surface area contributed by atoms with E-state index >= 15 is 0 Å². The van der Waals surface area contributed by atoms with Crippen LogP contribution < -0.4 is 4.72 Å². The maximum absolute atomic E-state index is 13.6. The number of rotatable bonds is 3. The van der Waals surface area contributed by atoms with Gasteiger partial charge < -0.3 is 0 Å². The SMILES string of the molecule is O=S(=O)(Nc1ncc(Br)s1)c1c(F)cc(F)cc1Br. The highest BCUT2D eigenvalue weighted by Gasteiger charge is 2.24. The van der Waals surface area contributed by atoms with E-state index < -0.39 is 26.6 Å². The lowest BCUT2D eigenvalue weighted by molar-refractivity contribution is 0.548. The standard InChI is InChI=1S/C9H4Br2F2N2O2S2/c10-5-1-4(12)2-6(13)8(5)19(16,17)15-9-14-3-7(11)18-9/h1-3H,(H,14,15). The Morgan fingerprint density at radius 1 is 1.26 bits per heavy atom. The summed E-state index contributed by atoms with van der Waals surface area (Å²) in [6, 6.07) is 1.37. The van der Waals surface area contributed by atoms with Crippen molar-refractivity contribution in [3.63, 3.8) is 0 Å². The molecule has 0 aliphatic rings. The van der Waals surface area contributed by atoms with Crippen molar-refractivity contribution >= 4 is 58.4 Å². The molecule has 0 saturated heterocycles. The highest BCUT2D eigenvalue weighted by atomic mass is 79.9. The number of aromatic nitrogens is 1. The molecule has 2 rings (SSSR count). The smallest absolute Gasteiger partial charge is 0.254 e. The molecule has 102 valence electrons. The number of thiazole rings is 1. The fraction of sp³-hybridized carbons (Fsp3) is 0. The van der Waals surface area contributed by atoms with E-state index in [1.807, 2.05) is 0 Å². The predicted molar refractivity (Wildman–Crippen MR) is 74.7 cm³/mol. The number of nitrogens with one attached hydrogen (secondary N) is 1. The summed E-state index contributed by atoms with van der Waals surface area (Å²) < 4.78 is 53.1. The second kappa shape index (κ2) is 5.43. The topological polar surface area (TPSA) is 59.1 Å². The van der Waals surface area contributed by atoms with Crippen molar-refractivity contribution in [1.29, 1.82) is 0 Å². The Morgan fingerprint density at radius 2 is 1.95 bits per heavy atom. The molecular weight excluding hydrogens is 430 g/mol.